The molecule has 0 N–H and O–H groups in total. The van der Waals surface area contributed by atoms with Crippen molar-refractivity contribution in [2.45, 2.75) is 46.5 Å². The van der Waals surface area contributed by atoms with Gasteiger partial charge in [0.05, 0.1) is 0 Å². The van der Waals surface area contributed by atoms with Gasteiger partial charge < -0.3 is 0 Å². The molecule has 0 aromatic heterocycles. The number of rotatable bonds is 1. The molecule has 0 saturated carbocycles. The number of hydrogen-bond acceptors (Lipinski definition) is 0. The van der Waals surface area contributed by atoms with Crippen molar-refractivity contribution in [1.82, 2.24) is 0 Å². The standard InChI is InChI=1S/C15H24/c1-12(2)15-7-5-6-13(3)8-9-14(4)10-11-15/h5-6,9,12,15H,3,7-8,10-11H2,1-2,4H3. The zero-order valence-electron chi connectivity index (χ0n) is 10.4. The molecule has 1 atom stereocenters. The predicted octanol–water partition coefficient (Wildman–Crippen LogP) is 4.89. The molecule has 0 spiro atoms. The van der Waals surface area contributed by atoms with Crippen molar-refractivity contribution in [3.63, 3.8) is 0 Å². The second-order valence-corrected chi connectivity index (χ2v) is 5.09. The van der Waals surface area contributed by atoms with Crippen LogP contribution in [0.1, 0.15) is 46.5 Å². The lowest BCUT2D eigenvalue weighted by molar-refractivity contribution is 0.362. The minimum absolute atomic E-state index is 0.787. The Hall–Kier alpha value is -0.780. The molecule has 0 saturated heterocycles. The van der Waals surface area contributed by atoms with Crippen molar-refractivity contribution < 1.29 is 0 Å². The Bertz CT molecular complexity index is 266. The largest absolute Gasteiger partial charge is 0.0955 e. The van der Waals surface area contributed by atoms with Crippen molar-refractivity contribution in [3.05, 3.63) is 36.0 Å². The van der Waals surface area contributed by atoms with E-state index in [9.17, 15) is 0 Å². The van der Waals surface area contributed by atoms with Gasteiger partial charge in [0.15, 0.2) is 0 Å². The molecule has 0 radical (unpaired) electrons. The molecule has 0 bridgehead atoms. The summed E-state index contributed by atoms with van der Waals surface area (Å²) in [6, 6.07) is 0. The van der Waals surface area contributed by atoms with Crippen LogP contribution in [0.4, 0.5) is 0 Å². The van der Waals surface area contributed by atoms with Crippen molar-refractivity contribution in [2.24, 2.45) is 11.8 Å². The fraction of sp³-hybridized carbons (Fsp3) is 0.600. The Morgan fingerprint density at radius 2 is 2.13 bits per heavy atom. The second-order valence-electron chi connectivity index (χ2n) is 5.09. The Labute approximate surface area is 94.8 Å². The van der Waals surface area contributed by atoms with E-state index in [0.717, 1.165) is 18.3 Å². The van der Waals surface area contributed by atoms with Crippen LogP contribution in [0.25, 0.3) is 0 Å². The normalized spacial score (nSPS) is 24.1. The highest BCUT2D eigenvalue weighted by molar-refractivity contribution is 5.19. The third kappa shape index (κ3) is 4.51. The minimum Gasteiger partial charge on any atom is -0.0955 e. The van der Waals surface area contributed by atoms with Gasteiger partial charge in [0.1, 0.15) is 0 Å². The van der Waals surface area contributed by atoms with Gasteiger partial charge in [-0.2, -0.15) is 0 Å². The lowest BCUT2D eigenvalue weighted by Gasteiger charge is -2.20. The van der Waals surface area contributed by atoms with Crippen LogP contribution in [0.15, 0.2) is 36.0 Å². The fourth-order valence-electron chi connectivity index (χ4n) is 2.02. The van der Waals surface area contributed by atoms with E-state index < -0.39 is 0 Å². The van der Waals surface area contributed by atoms with Crippen LogP contribution in [-0.2, 0) is 0 Å². The van der Waals surface area contributed by atoms with E-state index in [-0.39, 0.29) is 0 Å². The van der Waals surface area contributed by atoms with E-state index in [4.69, 9.17) is 0 Å². The molecular weight excluding hydrogens is 180 g/mol. The summed E-state index contributed by atoms with van der Waals surface area (Å²) in [5.74, 6) is 1.62. The first kappa shape index (κ1) is 12.3. The van der Waals surface area contributed by atoms with Gasteiger partial charge >= 0.3 is 0 Å². The maximum Gasteiger partial charge on any atom is -0.0101 e. The lowest BCUT2D eigenvalue weighted by Crippen LogP contribution is -2.08. The van der Waals surface area contributed by atoms with Crippen molar-refractivity contribution in [3.8, 4) is 0 Å². The maximum atomic E-state index is 4.06. The van der Waals surface area contributed by atoms with Gasteiger partial charge in [-0.1, -0.05) is 49.8 Å². The highest BCUT2D eigenvalue weighted by Gasteiger charge is 2.12. The van der Waals surface area contributed by atoms with Crippen LogP contribution in [0.3, 0.4) is 0 Å². The average molecular weight is 204 g/mol. The van der Waals surface area contributed by atoms with E-state index in [1.807, 2.05) is 0 Å². The molecule has 0 heteroatoms. The van der Waals surface area contributed by atoms with Crippen LogP contribution < -0.4 is 0 Å². The summed E-state index contributed by atoms with van der Waals surface area (Å²) in [6.45, 7) is 11.0. The summed E-state index contributed by atoms with van der Waals surface area (Å²) in [7, 11) is 0. The molecule has 0 amide bonds. The third-order valence-corrected chi connectivity index (χ3v) is 3.36. The zero-order valence-corrected chi connectivity index (χ0v) is 10.4. The molecule has 1 unspecified atom stereocenters. The number of hydrogen-bond donors (Lipinski definition) is 0. The topological polar surface area (TPSA) is 0 Å². The van der Waals surface area contributed by atoms with Crippen LogP contribution in [0.5, 0.6) is 0 Å². The fourth-order valence-corrected chi connectivity index (χ4v) is 2.02. The first-order chi connectivity index (χ1) is 7.09. The second kappa shape index (κ2) is 5.95. The monoisotopic (exact) mass is 204 g/mol. The van der Waals surface area contributed by atoms with Gasteiger partial charge in [-0.3, -0.25) is 0 Å². The van der Waals surface area contributed by atoms with E-state index in [0.29, 0.717) is 0 Å². The van der Waals surface area contributed by atoms with Crippen LogP contribution in [-0.4, -0.2) is 0 Å². The molecule has 84 valence electrons. The van der Waals surface area contributed by atoms with E-state index in [1.54, 1.807) is 0 Å². The first-order valence-electron chi connectivity index (χ1n) is 6.09. The minimum atomic E-state index is 0.787. The highest BCUT2D eigenvalue weighted by atomic mass is 14.2. The highest BCUT2D eigenvalue weighted by Crippen LogP contribution is 2.25. The SMILES string of the molecule is C=C1C=CCC(C(C)C)CCC(C)=CC1. The molecule has 0 aromatic carbocycles. The Morgan fingerprint density at radius 1 is 1.40 bits per heavy atom. The Balaban J connectivity index is 2.68. The van der Waals surface area contributed by atoms with E-state index >= 15 is 0 Å². The Kier molecular flexibility index (Phi) is 4.87. The quantitative estimate of drug-likeness (QED) is 0.533. The molecular formula is C15H24. The molecule has 0 aromatic rings. The number of allylic oxidation sites excluding steroid dienone is 5. The van der Waals surface area contributed by atoms with Crippen molar-refractivity contribution in [2.75, 3.05) is 0 Å². The summed E-state index contributed by atoms with van der Waals surface area (Å²) in [5, 5.41) is 0. The molecule has 0 aliphatic heterocycles. The average Bonchev–Trinajstić information content (AvgIpc) is 2.19. The van der Waals surface area contributed by atoms with Crippen molar-refractivity contribution in [1.29, 1.82) is 0 Å². The molecule has 15 heavy (non-hydrogen) atoms. The van der Waals surface area contributed by atoms with E-state index in [2.05, 4.69) is 45.6 Å². The van der Waals surface area contributed by atoms with Gasteiger partial charge in [0, 0.05) is 0 Å². The van der Waals surface area contributed by atoms with E-state index in [1.165, 1.54) is 30.4 Å². The van der Waals surface area contributed by atoms with Gasteiger partial charge in [-0.25, -0.2) is 0 Å². The van der Waals surface area contributed by atoms with Crippen LogP contribution >= 0.6 is 0 Å². The van der Waals surface area contributed by atoms with Crippen LogP contribution in [0.2, 0.25) is 0 Å². The third-order valence-electron chi connectivity index (χ3n) is 3.36. The van der Waals surface area contributed by atoms with Crippen LogP contribution in [0, 0.1) is 11.8 Å². The van der Waals surface area contributed by atoms with Gasteiger partial charge in [-0.05, 0) is 44.4 Å². The summed E-state index contributed by atoms with van der Waals surface area (Å²) >= 11 is 0. The summed E-state index contributed by atoms with van der Waals surface area (Å²) in [6.07, 6.45) is 11.7. The summed E-state index contributed by atoms with van der Waals surface area (Å²) in [4.78, 5) is 0. The molecule has 0 nitrogen and oxygen atoms in total. The summed E-state index contributed by atoms with van der Waals surface area (Å²) in [5.41, 5.74) is 2.76. The zero-order chi connectivity index (χ0) is 11.3. The molecule has 1 aliphatic carbocycles. The maximum absolute atomic E-state index is 4.06. The lowest BCUT2D eigenvalue weighted by atomic mass is 9.86. The smallest absolute Gasteiger partial charge is 0.0101 e. The molecule has 0 heterocycles. The van der Waals surface area contributed by atoms with Gasteiger partial charge in [0.2, 0.25) is 0 Å². The first-order valence-corrected chi connectivity index (χ1v) is 6.09. The predicted molar refractivity (Wildman–Crippen MR) is 68.8 cm³/mol. The van der Waals surface area contributed by atoms with Gasteiger partial charge in [0.25, 0.3) is 0 Å². The molecule has 1 aliphatic rings. The van der Waals surface area contributed by atoms with Crippen molar-refractivity contribution >= 4 is 0 Å². The Morgan fingerprint density at radius 3 is 2.80 bits per heavy atom. The molecule has 1 rings (SSSR count). The molecule has 0 fully saturated rings. The van der Waals surface area contributed by atoms with Gasteiger partial charge in [-0.15, -0.1) is 0 Å². The summed E-state index contributed by atoms with van der Waals surface area (Å²) < 4.78 is 0.